The first-order valence-corrected chi connectivity index (χ1v) is 6.81. The molecule has 0 N–H and O–H groups in total. The lowest BCUT2D eigenvalue weighted by Gasteiger charge is -2.16. The quantitative estimate of drug-likeness (QED) is 0.702. The molecule has 0 amide bonds. The minimum absolute atomic E-state index is 0.159. The fourth-order valence-corrected chi connectivity index (χ4v) is 3.06. The standard InChI is InChI=1S/C14H16ClNS/c1-9-12(14(2,3)4)17-13(16-9)10-5-7-11(15)8-6-10/h5-8H,1-4H3. The smallest absolute Gasteiger partial charge is 0.123 e. The topological polar surface area (TPSA) is 12.9 Å². The molecular weight excluding hydrogens is 250 g/mol. The number of hydrogen-bond acceptors (Lipinski definition) is 2. The maximum Gasteiger partial charge on any atom is 0.123 e. The molecule has 0 fully saturated rings. The summed E-state index contributed by atoms with van der Waals surface area (Å²) in [6, 6.07) is 7.86. The van der Waals surface area contributed by atoms with Gasteiger partial charge in [0.05, 0.1) is 5.69 Å². The van der Waals surface area contributed by atoms with Gasteiger partial charge in [-0.05, 0) is 24.5 Å². The van der Waals surface area contributed by atoms with Crippen LogP contribution >= 0.6 is 22.9 Å². The van der Waals surface area contributed by atoms with Crippen molar-refractivity contribution in [2.75, 3.05) is 0 Å². The van der Waals surface area contributed by atoms with Crippen LogP contribution in [0.4, 0.5) is 0 Å². The zero-order valence-electron chi connectivity index (χ0n) is 10.5. The van der Waals surface area contributed by atoms with Gasteiger partial charge in [-0.25, -0.2) is 4.98 Å². The second-order valence-electron chi connectivity index (χ2n) is 5.19. The molecule has 0 saturated carbocycles. The Morgan fingerprint density at radius 2 is 1.71 bits per heavy atom. The van der Waals surface area contributed by atoms with Crippen LogP contribution in [0, 0.1) is 6.92 Å². The zero-order chi connectivity index (χ0) is 12.6. The van der Waals surface area contributed by atoms with Crippen molar-refractivity contribution < 1.29 is 0 Å². The van der Waals surface area contributed by atoms with Gasteiger partial charge < -0.3 is 0 Å². The summed E-state index contributed by atoms with van der Waals surface area (Å²) in [5.41, 5.74) is 2.43. The number of hydrogen-bond donors (Lipinski definition) is 0. The molecule has 1 aromatic carbocycles. The predicted molar refractivity (Wildman–Crippen MR) is 76.0 cm³/mol. The lowest BCUT2D eigenvalue weighted by atomic mass is 9.93. The summed E-state index contributed by atoms with van der Waals surface area (Å²) in [5.74, 6) is 0. The van der Waals surface area contributed by atoms with Crippen LogP contribution in [0.25, 0.3) is 10.6 Å². The van der Waals surface area contributed by atoms with E-state index in [1.165, 1.54) is 4.88 Å². The average molecular weight is 266 g/mol. The molecule has 0 bridgehead atoms. The van der Waals surface area contributed by atoms with Gasteiger partial charge in [0.25, 0.3) is 0 Å². The zero-order valence-corrected chi connectivity index (χ0v) is 12.1. The van der Waals surface area contributed by atoms with E-state index in [0.29, 0.717) is 0 Å². The van der Waals surface area contributed by atoms with Crippen molar-refractivity contribution >= 4 is 22.9 Å². The van der Waals surface area contributed by atoms with E-state index in [4.69, 9.17) is 11.6 Å². The van der Waals surface area contributed by atoms with Gasteiger partial charge in [0.15, 0.2) is 0 Å². The van der Waals surface area contributed by atoms with Crippen molar-refractivity contribution in [2.24, 2.45) is 0 Å². The molecule has 0 aliphatic rings. The Morgan fingerprint density at radius 3 is 2.18 bits per heavy atom. The average Bonchev–Trinajstić information content (AvgIpc) is 2.61. The van der Waals surface area contributed by atoms with Crippen LogP contribution in [0.15, 0.2) is 24.3 Å². The van der Waals surface area contributed by atoms with Crippen LogP contribution in [0.2, 0.25) is 5.02 Å². The molecular formula is C14H16ClNS. The van der Waals surface area contributed by atoms with Crippen LogP contribution in [0.3, 0.4) is 0 Å². The summed E-state index contributed by atoms with van der Waals surface area (Å²) in [4.78, 5) is 6.00. The summed E-state index contributed by atoms with van der Waals surface area (Å²) in [5, 5.41) is 1.84. The highest BCUT2D eigenvalue weighted by molar-refractivity contribution is 7.15. The summed E-state index contributed by atoms with van der Waals surface area (Å²) in [6.45, 7) is 8.74. The fraction of sp³-hybridized carbons (Fsp3) is 0.357. The summed E-state index contributed by atoms with van der Waals surface area (Å²) < 4.78 is 0. The predicted octanol–water partition coefficient (Wildman–Crippen LogP) is 5.07. The number of aryl methyl sites for hydroxylation is 1. The Balaban J connectivity index is 2.45. The number of halogens is 1. The van der Waals surface area contributed by atoms with Gasteiger partial charge in [-0.15, -0.1) is 11.3 Å². The third-order valence-electron chi connectivity index (χ3n) is 2.57. The van der Waals surface area contributed by atoms with Gasteiger partial charge >= 0.3 is 0 Å². The monoisotopic (exact) mass is 265 g/mol. The number of aromatic nitrogens is 1. The largest absolute Gasteiger partial charge is 0.241 e. The molecule has 1 nitrogen and oxygen atoms in total. The van der Waals surface area contributed by atoms with Crippen LogP contribution in [0.1, 0.15) is 31.3 Å². The Labute approximate surface area is 111 Å². The van der Waals surface area contributed by atoms with Crippen LogP contribution < -0.4 is 0 Å². The van der Waals surface area contributed by atoms with Crippen molar-refractivity contribution in [3.8, 4) is 10.6 Å². The second kappa shape index (κ2) is 4.43. The lowest BCUT2D eigenvalue weighted by molar-refractivity contribution is 0.598. The van der Waals surface area contributed by atoms with Gasteiger partial charge in [-0.3, -0.25) is 0 Å². The molecule has 1 heterocycles. The Bertz CT molecular complexity index is 520. The SMILES string of the molecule is Cc1nc(-c2ccc(Cl)cc2)sc1C(C)(C)C. The molecule has 0 unspecified atom stereocenters. The third kappa shape index (κ3) is 2.70. The van der Waals surface area contributed by atoms with Gasteiger partial charge in [-0.2, -0.15) is 0 Å². The molecule has 0 saturated heterocycles. The van der Waals surface area contributed by atoms with Crippen LogP contribution in [-0.2, 0) is 5.41 Å². The Hall–Kier alpha value is -0.860. The second-order valence-corrected chi connectivity index (χ2v) is 6.63. The van der Waals surface area contributed by atoms with Gasteiger partial charge in [-0.1, -0.05) is 44.5 Å². The number of benzene rings is 1. The van der Waals surface area contributed by atoms with E-state index in [2.05, 4.69) is 32.7 Å². The Morgan fingerprint density at radius 1 is 1.12 bits per heavy atom. The molecule has 2 aromatic rings. The molecule has 0 spiro atoms. The summed E-state index contributed by atoms with van der Waals surface area (Å²) in [7, 11) is 0. The third-order valence-corrected chi connectivity index (χ3v) is 4.45. The maximum absolute atomic E-state index is 5.89. The molecule has 2 rings (SSSR count). The molecule has 0 radical (unpaired) electrons. The van der Waals surface area contributed by atoms with Crippen molar-refractivity contribution in [3.05, 3.63) is 39.9 Å². The normalized spacial score (nSPS) is 11.8. The first-order valence-electron chi connectivity index (χ1n) is 5.62. The molecule has 0 atom stereocenters. The van der Waals surface area contributed by atoms with E-state index in [1.54, 1.807) is 11.3 Å². The number of nitrogens with zero attached hydrogens (tertiary/aromatic N) is 1. The maximum atomic E-state index is 5.89. The van der Waals surface area contributed by atoms with E-state index < -0.39 is 0 Å². The minimum Gasteiger partial charge on any atom is -0.241 e. The molecule has 1 aromatic heterocycles. The van der Waals surface area contributed by atoms with Gasteiger partial charge in [0.1, 0.15) is 5.01 Å². The summed E-state index contributed by atoms with van der Waals surface area (Å²) in [6.07, 6.45) is 0. The molecule has 0 aliphatic heterocycles. The van der Waals surface area contributed by atoms with Crippen molar-refractivity contribution in [1.82, 2.24) is 4.98 Å². The molecule has 0 aliphatic carbocycles. The van der Waals surface area contributed by atoms with E-state index in [0.717, 1.165) is 21.3 Å². The Kier molecular flexibility index (Phi) is 3.28. The van der Waals surface area contributed by atoms with Crippen molar-refractivity contribution in [2.45, 2.75) is 33.1 Å². The lowest BCUT2D eigenvalue weighted by Crippen LogP contribution is -2.10. The van der Waals surface area contributed by atoms with Crippen LogP contribution in [-0.4, -0.2) is 4.98 Å². The molecule has 90 valence electrons. The van der Waals surface area contributed by atoms with Crippen molar-refractivity contribution in [3.63, 3.8) is 0 Å². The van der Waals surface area contributed by atoms with E-state index in [-0.39, 0.29) is 5.41 Å². The van der Waals surface area contributed by atoms with Crippen LogP contribution in [0.5, 0.6) is 0 Å². The highest BCUT2D eigenvalue weighted by atomic mass is 35.5. The number of rotatable bonds is 1. The van der Waals surface area contributed by atoms with E-state index in [1.807, 2.05) is 24.3 Å². The first-order chi connectivity index (χ1) is 7.88. The highest BCUT2D eigenvalue weighted by Crippen LogP contribution is 2.35. The fourth-order valence-electron chi connectivity index (χ4n) is 1.81. The van der Waals surface area contributed by atoms with Gasteiger partial charge in [0.2, 0.25) is 0 Å². The van der Waals surface area contributed by atoms with E-state index in [9.17, 15) is 0 Å². The first kappa shape index (κ1) is 12.6. The van der Waals surface area contributed by atoms with E-state index >= 15 is 0 Å². The summed E-state index contributed by atoms with van der Waals surface area (Å²) >= 11 is 7.66. The van der Waals surface area contributed by atoms with Crippen molar-refractivity contribution in [1.29, 1.82) is 0 Å². The molecule has 17 heavy (non-hydrogen) atoms. The van der Waals surface area contributed by atoms with Gasteiger partial charge in [0, 0.05) is 15.5 Å². The minimum atomic E-state index is 0.159. The highest BCUT2D eigenvalue weighted by Gasteiger charge is 2.21. The molecule has 3 heteroatoms. The number of thiazole rings is 1.